The maximum atomic E-state index is 5.91. The third-order valence-electron chi connectivity index (χ3n) is 4.24. The van der Waals surface area contributed by atoms with E-state index in [-0.39, 0.29) is 4.49 Å². The average Bonchev–Trinajstić information content (AvgIpc) is 3.17. The highest BCUT2D eigenvalue weighted by molar-refractivity contribution is 7.17. The molecule has 3 heterocycles. The third-order valence-corrected chi connectivity index (χ3v) is 5.68. The second-order valence-corrected chi connectivity index (χ2v) is 7.60. The van der Waals surface area contributed by atoms with Gasteiger partial charge in [0, 0.05) is 16.9 Å². The number of rotatable bonds is 0. The molecule has 3 aliphatic rings. The normalized spacial score (nSPS) is 17.0. The van der Waals surface area contributed by atoms with E-state index in [0.717, 1.165) is 28.7 Å². The molecular weight excluding hydrogens is 351 g/mol. The number of benzene rings is 1. The van der Waals surface area contributed by atoms with Crippen molar-refractivity contribution in [2.45, 2.75) is 13.3 Å². The van der Waals surface area contributed by atoms with Crippen LogP contribution in [0.3, 0.4) is 0 Å². The van der Waals surface area contributed by atoms with Crippen molar-refractivity contribution in [3.05, 3.63) is 50.6 Å². The molecule has 0 amide bonds. The summed E-state index contributed by atoms with van der Waals surface area (Å²) in [6.45, 7) is 1.94. The zero-order valence-corrected chi connectivity index (χ0v) is 14.4. The standard InChI is InChI=1S/C16H10Cl2N4S/c1-7-19-16-12(15-20-14(13(17)18)21-22(7)15)11-9-5-3-2-4-8(9)6-10(11)23-16/h2-5,21H,6H2,1H3. The molecule has 5 rings (SSSR count). The van der Waals surface area contributed by atoms with Crippen LogP contribution in [0.25, 0.3) is 11.1 Å². The number of halogens is 2. The van der Waals surface area contributed by atoms with Crippen LogP contribution in [0.15, 0.2) is 44.6 Å². The first-order chi connectivity index (χ1) is 11.1. The largest absolute Gasteiger partial charge is 0.272 e. The smallest absolute Gasteiger partial charge is 0.178 e. The van der Waals surface area contributed by atoms with Gasteiger partial charge in [-0.25, -0.2) is 15.0 Å². The number of thiophene rings is 1. The number of nitrogens with one attached hydrogen (secondary N) is 1. The lowest BCUT2D eigenvalue weighted by Gasteiger charge is -2.24. The van der Waals surface area contributed by atoms with Gasteiger partial charge in [-0.3, -0.25) is 5.43 Å². The van der Waals surface area contributed by atoms with E-state index >= 15 is 0 Å². The Labute approximate surface area is 146 Å². The molecular formula is C16H10Cl2N4S. The summed E-state index contributed by atoms with van der Waals surface area (Å²) < 4.78 is 0.119. The zero-order valence-electron chi connectivity index (χ0n) is 12.0. The van der Waals surface area contributed by atoms with Crippen LogP contribution in [-0.2, 0) is 6.42 Å². The molecule has 0 atom stereocenters. The Morgan fingerprint density at radius 2 is 2.04 bits per heavy atom. The molecule has 0 saturated heterocycles. The fourth-order valence-electron chi connectivity index (χ4n) is 3.28. The van der Waals surface area contributed by atoms with Crippen molar-refractivity contribution in [2.24, 2.45) is 9.98 Å². The molecule has 1 aromatic heterocycles. The molecule has 2 aliphatic heterocycles. The van der Waals surface area contributed by atoms with Gasteiger partial charge in [0.25, 0.3) is 0 Å². The molecule has 0 spiro atoms. The first kappa shape index (κ1) is 13.6. The molecule has 7 heteroatoms. The second-order valence-electron chi connectivity index (χ2n) is 5.56. The average molecular weight is 361 g/mol. The molecule has 1 N–H and O–H groups in total. The van der Waals surface area contributed by atoms with Gasteiger partial charge in [0.15, 0.2) is 16.1 Å². The topological polar surface area (TPSA) is 40.0 Å². The minimum absolute atomic E-state index is 0.119. The second kappa shape index (κ2) is 4.60. The summed E-state index contributed by atoms with van der Waals surface area (Å²) in [6.07, 6.45) is 0.956. The van der Waals surface area contributed by atoms with Gasteiger partial charge in [-0.2, -0.15) is 0 Å². The van der Waals surface area contributed by atoms with E-state index in [1.54, 1.807) is 11.3 Å². The molecule has 23 heavy (non-hydrogen) atoms. The maximum Gasteiger partial charge on any atom is 0.178 e. The molecule has 1 aliphatic carbocycles. The summed E-state index contributed by atoms with van der Waals surface area (Å²) in [5.74, 6) is 2.10. The number of nitrogens with zero attached hydrogens (tertiary/aromatic N) is 3. The zero-order chi connectivity index (χ0) is 15.7. The van der Waals surface area contributed by atoms with Gasteiger partial charge in [-0.1, -0.05) is 47.5 Å². The van der Waals surface area contributed by atoms with Gasteiger partial charge >= 0.3 is 0 Å². The summed E-state index contributed by atoms with van der Waals surface area (Å²) in [5.41, 5.74) is 8.04. The summed E-state index contributed by atoms with van der Waals surface area (Å²) in [6, 6.07) is 8.50. The van der Waals surface area contributed by atoms with Gasteiger partial charge < -0.3 is 0 Å². The highest BCUT2D eigenvalue weighted by Crippen LogP contribution is 2.50. The Balaban J connectivity index is 1.80. The van der Waals surface area contributed by atoms with Crippen LogP contribution in [0.1, 0.15) is 22.9 Å². The van der Waals surface area contributed by atoms with Crippen molar-refractivity contribution in [1.82, 2.24) is 10.4 Å². The van der Waals surface area contributed by atoms with E-state index in [1.807, 2.05) is 11.9 Å². The summed E-state index contributed by atoms with van der Waals surface area (Å²) in [5, 5.41) is 2.85. The van der Waals surface area contributed by atoms with Crippen LogP contribution in [0, 0.1) is 0 Å². The summed E-state index contributed by atoms with van der Waals surface area (Å²) >= 11 is 13.6. The third kappa shape index (κ3) is 1.78. The SMILES string of the molecule is CC1=Nc2sc3c(c2C2=NC(=C(Cl)Cl)NN12)-c1ccccc1C3. The maximum absolute atomic E-state index is 5.91. The van der Waals surface area contributed by atoms with Crippen LogP contribution in [0.4, 0.5) is 5.00 Å². The molecule has 2 aromatic rings. The lowest BCUT2D eigenvalue weighted by Crippen LogP contribution is -2.42. The molecule has 0 saturated carbocycles. The predicted molar refractivity (Wildman–Crippen MR) is 95.6 cm³/mol. The predicted octanol–water partition coefficient (Wildman–Crippen LogP) is 4.55. The van der Waals surface area contributed by atoms with E-state index in [4.69, 9.17) is 28.2 Å². The van der Waals surface area contributed by atoms with E-state index < -0.39 is 0 Å². The number of fused-ring (bicyclic) bond motifs is 7. The van der Waals surface area contributed by atoms with Crippen LogP contribution < -0.4 is 5.43 Å². The van der Waals surface area contributed by atoms with Gasteiger partial charge in [0.2, 0.25) is 0 Å². The molecule has 0 bridgehead atoms. The molecule has 114 valence electrons. The monoisotopic (exact) mass is 360 g/mol. The Morgan fingerprint density at radius 3 is 2.87 bits per heavy atom. The highest BCUT2D eigenvalue weighted by atomic mass is 35.5. The van der Waals surface area contributed by atoms with Crippen molar-refractivity contribution in [2.75, 3.05) is 0 Å². The van der Waals surface area contributed by atoms with E-state index in [2.05, 4.69) is 34.7 Å². The van der Waals surface area contributed by atoms with Crippen molar-refractivity contribution in [3.8, 4) is 11.1 Å². The van der Waals surface area contributed by atoms with E-state index in [0.29, 0.717) is 5.82 Å². The van der Waals surface area contributed by atoms with Crippen LogP contribution >= 0.6 is 34.5 Å². The number of amidine groups is 2. The molecule has 0 unspecified atom stereocenters. The fourth-order valence-corrected chi connectivity index (χ4v) is 4.69. The molecule has 4 nitrogen and oxygen atoms in total. The van der Waals surface area contributed by atoms with E-state index in [9.17, 15) is 0 Å². The number of hydrazine groups is 1. The fraction of sp³-hybridized carbons (Fsp3) is 0.125. The summed E-state index contributed by atoms with van der Waals surface area (Å²) in [7, 11) is 0. The minimum Gasteiger partial charge on any atom is -0.272 e. The first-order valence-corrected chi connectivity index (χ1v) is 8.71. The van der Waals surface area contributed by atoms with Crippen LogP contribution in [-0.4, -0.2) is 16.7 Å². The Hall–Kier alpha value is -1.82. The lowest BCUT2D eigenvalue weighted by molar-refractivity contribution is 0.530. The Morgan fingerprint density at radius 1 is 1.22 bits per heavy atom. The van der Waals surface area contributed by atoms with Crippen molar-refractivity contribution >= 4 is 51.2 Å². The lowest BCUT2D eigenvalue weighted by atomic mass is 10.0. The first-order valence-electron chi connectivity index (χ1n) is 7.14. The minimum atomic E-state index is 0.119. The number of hydrogen-bond donors (Lipinski definition) is 1. The van der Waals surface area contributed by atoms with Crippen LogP contribution in [0.5, 0.6) is 0 Å². The summed E-state index contributed by atoms with van der Waals surface area (Å²) in [4.78, 5) is 10.7. The number of aliphatic imine (C=N–C) groups is 2. The molecule has 0 radical (unpaired) electrons. The molecule has 0 fully saturated rings. The van der Waals surface area contributed by atoms with Gasteiger partial charge in [-0.15, -0.1) is 11.3 Å². The quantitative estimate of drug-likeness (QED) is 0.638. The highest BCUT2D eigenvalue weighted by Gasteiger charge is 2.37. The number of hydrogen-bond acceptors (Lipinski definition) is 5. The Kier molecular flexibility index (Phi) is 2.72. The van der Waals surface area contributed by atoms with E-state index in [1.165, 1.54) is 21.6 Å². The van der Waals surface area contributed by atoms with Crippen molar-refractivity contribution in [1.29, 1.82) is 0 Å². The van der Waals surface area contributed by atoms with Gasteiger partial charge in [0.1, 0.15) is 10.8 Å². The van der Waals surface area contributed by atoms with Crippen molar-refractivity contribution < 1.29 is 0 Å². The van der Waals surface area contributed by atoms with Crippen molar-refractivity contribution in [3.63, 3.8) is 0 Å². The van der Waals surface area contributed by atoms with Gasteiger partial charge in [-0.05, 0) is 18.1 Å². The Bertz CT molecular complexity index is 966. The van der Waals surface area contributed by atoms with Crippen LogP contribution in [0.2, 0.25) is 0 Å². The molecule has 1 aromatic carbocycles. The van der Waals surface area contributed by atoms with Gasteiger partial charge in [0.05, 0.1) is 5.56 Å².